The molecule has 3 aliphatic heterocycles. The molecule has 1 aromatic heterocycles. The number of carbonyl (C=O) groups is 1. The summed E-state index contributed by atoms with van der Waals surface area (Å²) in [5, 5.41) is 9.04. The topological polar surface area (TPSA) is 92.7 Å². The van der Waals surface area contributed by atoms with Crippen molar-refractivity contribution in [2.24, 2.45) is 11.8 Å². The third-order valence-electron chi connectivity index (χ3n) is 9.45. The average molecular weight is 681 g/mol. The number of aryl methyl sites for hydroxylation is 1. The molecule has 258 valence electrons. The SMILES string of the molecule is O=C(O)CCC/C=C\C[C@@H]1[C@@H](/C=C/C(CCc2ccc(Cl)s2)O[C@H]2CCCCO2)[C@H](OC2CCCCO2)C[C@@H]1OC1CCCCO1. The Morgan fingerprint density at radius 3 is 2.22 bits per heavy atom. The quantitative estimate of drug-likeness (QED) is 0.129. The minimum atomic E-state index is -0.752. The zero-order valence-electron chi connectivity index (χ0n) is 27.1. The van der Waals surface area contributed by atoms with Gasteiger partial charge in [-0.05, 0) is 108 Å². The van der Waals surface area contributed by atoms with Gasteiger partial charge in [0.05, 0.1) is 22.6 Å². The van der Waals surface area contributed by atoms with Crippen LogP contribution in [0.25, 0.3) is 0 Å². The minimum absolute atomic E-state index is 0.0238. The second kappa shape index (κ2) is 19.6. The molecule has 1 N–H and O–H groups in total. The number of aliphatic carboxylic acids is 1. The first kappa shape index (κ1) is 36.0. The molecule has 5 rings (SSSR count). The van der Waals surface area contributed by atoms with Crippen LogP contribution in [-0.4, -0.2) is 68.1 Å². The van der Waals surface area contributed by atoms with Crippen molar-refractivity contribution in [2.45, 2.75) is 140 Å². The highest BCUT2D eigenvalue weighted by Crippen LogP contribution is 2.42. The molecule has 0 bridgehead atoms. The van der Waals surface area contributed by atoms with Crippen LogP contribution in [-0.2, 0) is 39.6 Å². The van der Waals surface area contributed by atoms with E-state index in [1.54, 1.807) is 11.3 Å². The molecule has 1 aromatic rings. The first-order valence-corrected chi connectivity index (χ1v) is 18.8. The zero-order valence-corrected chi connectivity index (χ0v) is 28.7. The summed E-state index contributed by atoms with van der Waals surface area (Å²) in [4.78, 5) is 12.2. The Balaban J connectivity index is 1.34. The second-order valence-electron chi connectivity index (χ2n) is 13.0. The van der Waals surface area contributed by atoms with E-state index in [2.05, 4.69) is 30.4 Å². The smallest absolute Gasteiger partial charge is 0.303 e. The third-order valence-corrected chi connectivity index (χ3v) is 10.7. The monoisotopic (exact) mass is 680 g/mol. The van der Waals surface area contributed by atoms with Crippen LogP contribution in [0.4, 0.5) is 0 Å². The van der Waals surface area contributed by atoms with Crippen LogP contribution in [0.2, 0.25) is 4.34 Å². The third kappa shape index (κ3) is 12.0. The van der Waals surface area contributed by atoms with Gasteiger partial charge in [0, 0.05) is 43.5 Å². The summed E-state index contributed by atoms with van der Waals surface area (Å²) in [7, 11) is 0. The molecule has 0 spiro atoms. The van der Waals surface area contributed by atoms with E-state index in [-0.39, 0.29) is 55.4 Å². The number of unbranched alkanes of at least 4 members (excludes halogenated alkanes) is 1. The van der Waals surface area contributed by atoms with Crippen molar-refractivity contribution in [3.05, 3.63) is 45.7 Å². The summed E-state index contributed by atoms with van der Waals surface area (Å²) in [6, 6.07) is 4.06. The van der Waals surface area contributed by atoms with Crippen molar-refractivity contribution in [3.8, 4) is 0 Å². The number of allylic oxidation sites excluding steroid dienone is 2. The van der Waals surface area contributed by atoms with Gasteiger partial charge in [0.2, 0.25) is 0 Å². The number of carboxylic acid groups (broad SMARTS) is 1. The molecular weight excluding hydrogens is 628 g/mol. The summed E-state index contributed by atoms with van der Waals surface area (Å²) >= 11 is 7.86. The van der Waals surface area contributed by atoms with Gasteiger partial charge in [0.25, 0.3) is 0 Å². The van der Waals surface area contributed by atoms with Crippen molar-refractivity contribution in [3.63, 3.8) is 0 Å². The van der Waals surface area contributed by atoms with Crippen LogP contribution in [0, 0.1) is 11.8 Å². The van der Waals surface area contributed by atoms with E-state index < -0.39 is 5.97 Å². The van der Waals surface area contributed by atoms with E-state index in [1.165, 1.54) is 4.88 Å². The molecule has 8 nitrogen and oxygen atoms in total. The predicted octanol–water partition coefficient (Wildman–Crippen LogP) is 8.46. The molecule has 3 unspecified atom stereocenters. The lowest BCUT2D eigenvalue weighted by atomic mass is 9.89. The number of halogens is 1. The number of thiophene rings is 1. The number of hydrogen-bond acceptors (Lipinski definition) is 8. The molecule has 10 heteroatoms. The van der Waals surface area contributed by atoms with Gasteiger partial charge >= 0.3 is 5.97 Å². The first-order valence-electron chi connectivity index (χ1n) is 17.6. The maximum Gasteiger partial charge on any atom is 0.303 e. The summed E-state index contributed by atoms with van der Waals surface area (Å²) < 4.78 is 38.9. The van der Waals surface area contributed by atoms with E-state index >= 15 is 0 Å². The van der Waals surface area contributed by atoms with Gasteiger partial charge in [-0.15, -0.1) is 11.3 Å². The molecule has 3 saturated heterocycles. The molecule has 0 radical (unpaired) electrons. The fraction of sp³-hybridized carbons (Fsp3) is 0.750. The summed E-state index contributed by atoms with van der Waals surface area (Å²) in [5.41, 5.74) is 0. The maximum absolute atomic E-state index is 11.0. The van der Waals surface area contributed by atoms with E-state index in [0.29, 0.717) is 6.42 Å². The summed E-state index contributed by atoms with van der Waals surface area (Å²) in [6.07, 6.45) is 22.3. The van der Waals surface area contributed by atoms with Gasteiger partial charge in [0.15, 0.2) is 18.9 Å². The van der Waals surface area contributed by atoms with Crippen LogP contribution in [0.1, 0.15) is 101 Å². The Labute approximate surface area is 283 Å². The van der Waals surface area contributed by atoms with Gasteiger partial charge in [0.1, 0.15) is 0 Å². The highest BCUT2D eigenvalue weighted by atomic mass is 35.5. The van der Waals surface area contributed by atoms with Crippen LogP contribution in [0.3, 0.4) is 0 Å². The molecule has 0 aromatic carbocycles. The lowest BCUT2D eigenvalue weighted by Gasteiger charge is -2.30. The van der Waals surface area contributed by atoms with Gasteiger partial charge in [-0.25, -0.2) is 0 Å². The molecular formula is C36H53ClO8S. The van der Waals surface area contributed by atoms with Crippen molar-refractivity contribution < 1.29 is 38.3 Å². The summed E-state index contributed by atoms with van der Waals surface area (Å²) in [6.45, 7) is 2.22. The number of rotatable bonds is 17. The number of hydrogen-bond donors (Lipinski definition) is 1. The summed E-state index contributed by atoms with van der Waals surface area (Å²) in [5.74, 6) is -0.482. The van der Waals surface area contributed by atoms with Crippen molar-refractivity contribution in [1.82, 2.24) is 0 Å². The van der Waals surface area contributed by atoms with Crippen LogP contribution in [0.5, 0.6) is 0 Å². The Bertz CT molecular complexity index is 1080. The predicted molar refractivity (Wildman–Crippen MR) is 179 cm³/mol. The molecule has 4 heterocycles. The lowest BCUT2D eigenvalue weighted by molar-refractivity contribution is -0.203. The van der Waals surface area contributed by atoms with E-state index in [4.69, 9.17) is 45.1 Å². The molecule has 8 atom stereocenters. The normalized spacial score (nSPS) is 31.5. The first-order chi connectivity index (χ1) is 22.5. The highest BCUT2D eigenvalue weighted by Gasteiger charge is 2.45. The lowest BCUT2D eigenvalue weighted by Crippen LogP contribution is -2.31. The standard InChI is InChI=1S/C36H53ClO8S/c37-32-21-19-27(46-32)18-16-26(43-34-13-5-8-22-40-34)17-20-29-28(11-3-1-2-4-12-33(38)39)30(44-35-14-6-9-23-41-35)25-31(29)45-36-15-7-10-24-42-36/h1,3,17,19-21,26,28-31,34-36H,2,4-16,18,22-25H2,(H,38,39)/b3-1-,20-17+/t26?,28-,29-,30+,31-,34+,35?,36?/m1/s1. The molecule has 0 amide bonds. The van der Waals surface area contributed by atoms with E-state index in [0.717, 1.165) is 114 Å². The van der Waals surface area contributed by atoms with Crippen LogP contribution < -0.4 is 0 Å². The maximum atomic E-state index is 11.0. The van der Waals surface area contributed by atoms with Gasteiger partial charge in [-0.1, -0.05) is 35.9 Å². The van der Waals surface area contributed by atoms with Crippen molar-refractivity contribution >= 4 is 28.9 Å². The van der Waals surface area contributed by atoms with E-state index in [1.807, 2.05) is 6.07 Å². The van der Waals surface area contributed by atoms with Crippen molar-refractivity contribution in [2.75, 3.05) is 19.8 Å². The van der Waals surface area contributed by atoms with Crippen LogP contribution >= 0.6 is 22.9 Å². The average Bonchev–Trinajstić information content (AvgIpc) is 3.63. The molecule has 4 aliphatic rings. The fourth-order valence-electron chi connectivity index (χ4n) is 6.98. The van der Waals surface area contributed by atoms with E-state index in [9.17, 15) is 4.79 Å². The van der Waals surface area contributed by atoms with Gasteiger partial charge in [-0.2, -0.15) is 0 Å². The molecule has 1 aliphatic carbocycles. The Kier molecular flexibility index (Phi) is 15.4. The number of ether oxygens (including phenoxy) is 6. The van der Waals surface area contributed by atoms with Gasteiger partial charge < -0.3 is 33.5 Å². The van der Waals surface area contributed by atoms with Crippen LogP contribution in [0.15, 0.2) is 36.4 Å². The van der Waals surface area contributed by atoms with Gasteiger partial charge in [-0.3, -0.25) is 4.79 Å². The molecule has 4 fully saturated rings. The second-order valence-corrected chi connectivity index (χ2v) is 14.8. The Morgan fingerprint density at radius 1 is 0.935 bits per heavy atom. The minimum Gasteiger partial charge on any atom is -0.481 e. The molecule has 1 saturated carbocycles. The Morgan fingerprint density at radius 2 is 1.61 bits per heavy atom. The zero-order chi connectivity index (χ0) is 32.0. The number of carboxylic acids is 1. The largest absolute Gasteiger partial charge is 0.481 e. The van der Waals surface area contributed by atoms with Crippen molar-refractivity contribution in [1.29, 1.82) is 0 Å². The highest BCUT2D eigenvalue weighted by molar-refractivity contribution is 7.16. The molecule has 46 heavy (non-hydrogen) atoms. The fourth-order valence-corrected chi connectivity index (χ4v) is 8.08. The Hall–Kier alpha value is -1.30.